The van der Waals surface area contributed by atoms with E-state index in [1.165, 1.54) is 25.7 Å². The molecule has 1 saturated carbocycles. The van der Waals surface area contributed by atoms with Crippen LogP contribution in [0.5, 0.6) is 0 Å². The van der Waals surface area contributed by atoms with E-state index in [1.54, 1.807) is 6.07 Å². The SMILES string of the molecule is CC1CCC(N(C)c2ccc(C=O)o2)CC1. The Balaban J connectivity index is 2.01. The van der Waals surface area contributed by atoms with Crippen LogP contribution in [0.1, 0.15) is 43.2 Å². The number of hydrogen-bond donors (Lipinski definition) is 0. The van der Waals surface area contributed by atoms with Crippen LogP contribution in [0.2, 0.25) is 0 Å². The Kier molecular flexibility index (Phi) is 3.32. The largest absolute Gasteiger partial charge is 0.438 e. The van der Waals surface area contributed by atoms with E-state index in [-0.39, 0.29) is 0 Å². The van der Waals surface area contributed by atoms with E-state index in [4.69, 9.17) is 4.42 Å². The van der Waals surface area contributed by atoms with Crippen LogP contribution in [0, 0.1) is 5.92 Å². The molecule has 16 heavy (non-hydrogen) atoms. The molecule has 3 heteroatoms. The van der Waals surface area contributed by atoms with Gasteiger partial charge >= 0.3 is 0 Å². The molecule has 0 spiro atoms. The van der Waals surface area contributed by atoms with Gasteiger partial charge in [0.25, 0.3) is 0 Å². The van der Waals surface area contributed by atoms with Crippen LogP contribution >= 0.6 is 0 Å². The maximum atomic E-state index is 10.5. The number of aldehydes is 1. The van der Waals surface area contributed by atoms with Gasteiger partial charge in [-0.05, 0) is 37.7 Å². The Morgan fingerprint density at radius 2 is 2.00 bits per heavy atom. The Bertz CT molecular complexity index is 351. The van der Waals surface area contributed by atoms with E-state index < -0.39 is 0 Å². The van der Waals surface area contributed by atoms with Gasteiger partial charge in [0.05, 0.1) is 0 Å². The second-order valence-corrected chi connectivity index (χ2v) is 4.82. The predicted octanol–water partition coefficient (Wildman–Crippen LogP) is 3.11. The summed E-state index contributed by atoms with van der Waals surface area (Å²) in [6.07, 6.45) is 5.76. The number of furan rings is 1. The minimum absolute atomic E-state index is 0.408. The summed E-state index contributed by atoms with van der Waals surface area (Å²) in [7, 11) is 2.05. The third kappa shape index (κ3) is 2.29. The van der Waals surface area contributed by atoms with Crippen molar-refractivity contribution in [1.29, 1.82) is 0 Å². The van der Waals surface area contributed by atoms with E-state index in [2.05, 4.69) is 11.8 Å². The van der Waals surface area contributed by atoms with Gasteiger partial charge in [-0.3, -0.25) is 4.79 Å². The van der Waals surface area contributed by atoms with Gasteiger partial charge in [-0.25, -0.2) is 0 Å². The molecule has 3 nitrogen and oxygen atoms in total. The molecule has 1 aliphatic rings. The lowest BCUT2D eigenvalue weighted by molar-refractivity contribution is 0.110. The van der Waals surface area contributed by atoms with Gasteiger partial charge in [0, 0.05) is 19.2 Å². The molecule has 0 aliphatic heterocycles. The summed E-state index contributed by atoms with van der Waals surface area (Å²) in [5.41, 5.74) is 0. The molecular formula is C13H19NO2. The summed E-state index contributed by atoms with van der Waals surface area (Å²) in [6.45, 7) is 2.31. The molecule has 2 rings (SSSR count). The first-order valence-corrected chi connectivity index (χ1v) is 5.98. The molecule has 0 atom stereocenters. The van der Waals surface area contributed by atoms with Crippen molar-refractivity contribution in [3.8, 4) is 0 Å². The molecule has 88 valence electrons. The van der Waals surface area contributed by atoms with Crippen LogP contribution in [0.3, 0.4) is 0 Å². The smallest absolute Gasteiger partial charge is 0.196 e. The van der Waals surface area contributed by atoms with E-state index in [9.17, 15) is 4.79 Å². The zero-order valence-electron chi connectivity index (χ0n) is 9.98. The number of carbonyl (C=O) groups is 1. The molecule has 1 aromatic rings. The van der Waals surface area contributed by atoms with Crippen LogP contribution in [0.15, 0.2) is 16.5 Å². The van der Waals surface area contributed by atoms with Gasteiger partial charge in [-0.1, -0.05) is 6.92 Å². The second-order valence-electron chi connectivity index (χ2n) is 4.82. The zero-order valence-corrected chi connectivity index (χ0v) is 9.98. The molecule has 1 aliphatic carbocycles. The highest BCUT2D eigenvalue weighted by Gasteiger charge is 2.23. The monoisotopic (exact) mass is 221 g/mol. The summed E-state index contributed by atoms with van der Waals surface area (Å²) in [6, 6.07) is 4.16. The van der Waals surface area contributed by atoms with Gasteiger partial charge in [-0.2, -0.15) is 0 Å². The van der Waals surface area contributed by atoms with Crippen LogP contribution in [-0.2, 0) is 0 Å². The number of carbonyl (C=O) groups excluding carboxylic acids is 1. The minimum atomic E-state index is 0.408. The van der Waals surface area contributed by atoms with Crippen molar-refractivity contribution in [2.45, 2.75) is 38.6 Å². The third-order valence-electron chi connectivity index (χ3n) is 3.61. The highest BCUT2D eigenvalue weighted by Crippen LogP contribution is 2.29. The molecule has 0 radical (unpaired) electrons. The highest BCUT2D eigenvalue weighted by molar-refractivity contribution is 5.71. The average Bonchev–Trinajstić information content (AvgIpc) is 2.77. The molecule has 0 N–H and O–H groups in total. The lowest BCUT2D eigenvalue weighted by Crippen LogP contribution is -2.34. The maximum Gasteiger partial charge on any atom is 0.196 e. The topological polar surface area (TPSA) is 33.5 Å². The molecule has 1 fully saturated rings. The van der Waals surface area contributed by atoms with Gasteiger partial charge in [-0.15, -0.1) is 0 Å². The summed E-state index contributed by atoms with van der Waals surface area (Å²) in [5.74, 6) is 2.07. The quantitative estimate of drug-likeness (QED) is 0.735. The molecule has 0 saturated heterocycles. The van der Waals surface area contributed by atoms with Crippen molar-refractivity contribution in [2.75, 3.05) is 11.9 Å². The van der Waals surface area contributed by atoms with Crippen LogP contribution in [-0.4, -0.2) is 19.4 Å². The molecule has 0 amide bonds. The van der Waals surface area contributed by atoms with Crippen LogP contribution in [0.4, 0.5) is 5.88 Å². The first-order chi connectivity index (χ1) is 7.70. The van der Waals surface area contributed by atoms with Crippen LogP contribution < -0.4 is 4.90 Å². The normalized spacial score (nSPS) is 25.4. The third-order valence-corrected chi connectivity index (χ3v) is 3.61. The molecule has 0 bridgehead atoms. The number of nitrogens with zero attached hydrogens (tertiary/aromatic N) is 1. The molecule has 1 aromatic heterocycles. The molecular weight excluding hydrogens is 202 g/mol. The fraction of sp³-hybridized carbons (Fsp3) is 0.615. The Morgan fingerprint density at radius 3 is 2.56 bits per heavy atom. The first-order valence-electron chi connectivity index (χ1n) is 5.98. The van der Waals surface area contributed by atoms with E-state index in [0.717, 1.165) is 18.1 Å². The lowest BCUT2D eigenvalue weighted by Gasteiger charge is -2.33. The Morgan fingerprint density at radius 1 is 1.31 bits per heavy atom. The summed E-state index contributed by atoms with van der Waals surface area (Å²) in [4.78, 5) is 12.7. The fourth-order valence-corrected chi connectivity index (χ4v) is 2.40. The minimum Gasteiger partial charge on any atom is -0.438 e. The summed E-state index contributed by atoms with van der Waals surface area (Å²) in [5, 5.41) is 0. The maximum absolute atomic E-state index is 10.5. The lowest BCUT2D eigenvalue weighted by atomic mass is 9.87. The first kappa shape index (κ1) is 11.2. The van der Waals surface area contributed by atoms with E-state index >= 15 is 0 Å². The van der Waals surface area contributed by atoms with Crippen LogP contribution in [0.25, 0.3) is 0 Å². The predicted molar refractivity (Wildman–Crippen MR) is 63.9 cm³/mol. The van der Waals surface area contributed by atoms with Crippen molar-refractivity contribution < 1.29 is 9.21 Å². The van der Waals surface area contributed by atoms with E-state index in [1.807, 2.05) is 13.1 Å². The summed E-state index contributed by atoms with van der Waals surface area (Å²) >= 11 is 0. The summed E-state index contributed by atoms with van der Waals surface area (Å²) < 4.78 is 5.43. The van der Waals surface area contributed by atoms with Crippen molar-refractivity contribution in [2.24, 2.45) is 5.92 Å². The van der Waals surface area contributed by atoms with Crippen molar-refractivity contribution >= 4 is 12.2 Å². The van der Waals surface area contributed by atoms with Crippen molar-refractivity contribution in [3.05, 3.63) is 17.9 Å². The highest BCUT2D eigenvalue weighted by atomic mass is 16.4. The molecule has 0 aromatic carbocycles. The van der Waals surface area contributed by atoms with Gasteiger partial charge in [0.1, 0.15) is 0 Å². The molecule has 1 heterocycles. The number of hydrogen-bond acceptors (Lipinski definition) is 3. The fourth-order valence-electron chi connectivity index (χ4n) is 2.40. The Hall–Kier alpha value is -1.25. The van der Waals surface area contributed by atoms with Gasteiger partial charge < -0.3 is 9.32 Å². The standard InChI is InChI=1S/C13H19NO2/c1-10-3-5-11(6-4-10)14(2)13-8-7-12(9-15)16-13/h7-11H,3-6H2,1-2H3. The molecule has 0 unspecified atom stereocenters. The average molecular weight is 221 g/mol. The Labute approximate surface area is 96.4 Å². The van der Waals surface area contributed by atoms with E-state index in [0.29, 0.717) is 11.8 Å². The van der Waals surface area contributed by atoms with Gasteiger partial charge in [0.2, 0.25) is 0 Å². The zero-order chi connectivity index (χ0) is 11.5. The second kappa shape index (κ2) is 4.73. The van der Waals surface area contributed by atoms with Crippen molar-refractivity contribution in [1.82, 2.24) is 0 Å². The number of anilines is 1. The van der Waals surface area contributed by atoms with Crippen molar-refractivity contribution in [3.63, 3.8) is 0 Å². The number of rotatable bonds is 3. The van der Waals surface area contributed by atoms with Gasteiger partial charge in [0.15, 0.2) is 17.9 Å².